The number of methoxy groups -OCH3 is 1. The minimum absolute atomic E-state index is 0.0920. The third kappa shape index (κ3) is 4.34. The predicted molar refractivity (Wildman–Crippen MR) is 83.6 cm³/mol. The molecule has 0 saturated carbocycles. The summed E-state index contributed by atoms with van der Waals surface area (Å²) in [7, 11) is -2.11. The second-order valence-electron chi connectivity index (χ2n) is 4.21. The van der Waals surface area contributed by atoms with Gasteiger partial charge in [-0.15, -0.1) is 11.3 Å². The van der Waals surface area contributed by atoms with Crippen LogP contribution in [0.3, 0.4) is 0 Å². The van der Waals surface area contributed by atoms with Gasteiger partial charge >= 0.3 is 0 Å². The number of anilines is 1. The fourth-order valence-corrected chi connectivity index (χ4v) is 3.14. The largest absolute Gasteiger partial charge is 0.383 e. The molecule has 0 spiro atoms. The molecule has 2 N–H and O–H groups in total. The molecular formula is C13H15N3O4S2. The highest BCUT2D eigenvalue weighted by atomic mass is 32.2. The summed E-state index contributed by atoms with van der Waals surface area (Å²) in [6, 6.07) is 5.67. The van der Waals surface area contributed by atoms with E-state index in [1.165, 1.54) is 42.7 Å². The fraction of sp³-hybridized carbons (Fsp3) is 0.231. The Kier molecular flexibility index (Phi) is 5.61. The van der Waals surface area contributed by atoms with Crippen LogP contribution in [-0.2, 0) is 14.8 Å². The van der Waals surface area contributed by atoms with Crippen molar-refractivity contribution in [2.24, 2.45) is 0 Å². The van der Waals surface area contributed by atoms with Gasteiger partial charge in [0.2, 0.25) is 10.0 Å². The quantitative estimate of drug-likeness (QED) is 0.740. The van der Waals surface area contributed by atoms with Crippen molar-refractivity contribution in [3.05, 3.63) is 41.4 Å². The Balaban J connectivity index is 2.05. The number of carbonyl (C=O) groups excluding carboxylic acids is 1. The molecule has 0 aliphatic carbocycles. The maximum atomic E-state index is 12.0. The third-order valence-electron chi connectivity index (χ3n) is 2.68. The highest BCUT2D eigenvalue weighted by molar-refractivity contribution is 7.89. The van der Waals surface area contributed by atoms with Gasteiger partial charge in [-0.2, -0.15) is 0 Å². The van der Waals surface area contributed by atoms with Crippen molar-refractivity contribution in [1.82, 2.24) is 9.71 Å². The topological polar surface area (TPSA) is 97.4 Å². The Morgan fingerprint density at radius 2 is 2.05 bits per heavy atom. The number of benzene rings is 1. The summed E-state index contributed by atoms with van der Waals surface area (Å²) >= 11 is 1.30. The number of hydrogen-bond acceptors (Lipinski definition) is 6. The van der Waals surface area contributed by atoms with E-state index in [1.54, 1.807) is 11.6 Å². The zero-order valence-electron chi connectivity index (χ0n) is 11.8. The molecule has 9 heteroatoms. The second kappa shape index (κ2) is 7.45. The summed E-state index contributed by atoms with van der Waals surface area (Å²) in [6.07, 6.45) is 1.58. The van der Waals surface area contributed by atoms with Crippen molar-refractivity contribution >= 4 is 32.4 Å². The van der Waals surface area contributed by atoms with Gasteiger partial charge in [0.25, 0.3) is 5.91 Å². The van der Waals surface area contributed by atoms with Crippen molar-refractivity contribution in [2.75, 3.05) is 25.6 Å². The lowest BCUT2D eigenvalue weighted by Gasteiger charge is -2.07. The van der Waals surface area contributed by atoms with Crippen LogP contribution >= 0.6 is 11.3 Å². The number of ether oxygens (including phenoxy) is 1. The van der Waals surface area contributed by atoms with Crippen LogP contribution in [-0.4, -0.2) is 39.6 Å². The molecule has 1 aromatic carbocycles. The number of nitrogens with zero attached hydrogens (tertiary/aromatic N) is 1. The van der Waals surface area contributed by atoms with Crippen LogP contribution in [0.4, 0.5) is 5.13 Å². The molecule has 1 amide bonds. The van der Waals surface area contributed by atoms with Crippen LogP contribution in [0.25, 0.3) is 0 Å². The molecule has 2 rings (SSSR count). The number of rotatable bonds is 7. The van der Waals surface area contributed by atoms with Crippen LogP contribution in [0, 0.1) is 0 Å². The van der Waals surface area contributed by atoms with Gasteiger partial charge in [-0.1, -0.05) is 0 Å². The zero-order valence-corrected chi connectivity index (χ0v) is 13.4. The highest BCUT2D eigenvalue weighted by Gasteiger charge is 2.14. The Bertz CT molecular complexity index is 712. The number of sulfonamides is 1. The van der Waals surface area contributed by atoms with E-state index in [0.29, 0.717) is 10.7 Å². The van der Waals surface area contributed by atoms with Crippen LogP contribution in [0.15, 0.2) is 40.7 Å². The summed E-state index contributed by atoms with van der Waals surface area (Å²) < 4.78 is 31.1. The second-order valence-corrected chi connectivity index (χ2v) is 6.87. The van der Waals surface area contributed by atoms with Crippen molar-refractivity contribution in [3.8, 4) is 0 Å². The van der Waals surface area contributed by atoms with E-state index >= 15 is 0 Å². The van der Waals surface area contributed by atoms with E-state index in [4.69, 9.17) is 4.74 Å². The van der Waals surface area contributed by atoms with Crippen molar-refractivity contribution < 1.29 is 17.9 Å². The number of amides is 1. The fourth-order valence-electron chi connectivity index (χ4n) is 1.60. The van der Waals surface area contributed by atoms with Crippen LogP contribution < -0.4 is 10.0 Å². The minimum atomic E-state index is -3.60. The first-order chi connectivity index (χ1) is 10.5. The van der Waals surface area contributed by atoms with Gasteiger partial charge in [0.05, 0.1) is 11.5 Å². The lowest BCUT2D eigenvalue weighted by Crippen LogP contribution is -2.27. The smallest absolute Gasteiger partial charge is 0.257 e. The maximum Gasteiger partial charge on any atom is 0.257 e. The van der Waals surface area contributed by atoms with E-state index in [-0.39, 0.29) is 24.0 Å². The summed E-state index contributed by atoms with van der Waals surface area (Å²) in [4.78, 5) is 16.0. The monoisotopic (exact) mass is 341 g/mol. The van der Waals surface area contributed by atoms with Crippen LogP contribution in [0.2, 0.25) is 0 Å². The van der Waals surface area contributed by atoms with E-state index in [2.05, 4.69) is 15.0 Å². The zero-order chi connectivity index (χ0) is 16.0. The molecule has 0 atom stereocenters. The average molecular weight is 341 g/mol. The Labute approximate surface area is 132 Å². The van der Waals surface area contributed by atoms with Gasteiger partial charge < -0.3 is 4.74 Å². The molecule has 2 aromatic rings. The molecule has 1 heterocycles. The molecule has 118 valence electrons. The minimum Gasteiger partial charge on any atom is -0.383 e. The molecule has 0 aliphatic rings. The van der Waals surface area contributed by atoms with Gasteiger partial charge in [-0.05, 0) is 24.3 Å². The first kappa shape index (κ1) is 16.6. The number of aromatic nitrogens is 1. The van der Waals surface area contributed by atoms with Gasteiger partial charge in [-0.25, -0.2) is 18.1 Å². The SMILES string of the molecule is COCCNS(=O)(=O)c1ccc(C(=O)Nc2nccs2)cc1. The Morgan fingerprint density at radius 1 is 1.32 bits per heavy atom. The lowest BCUT2D eigenvalue weighted by atomic mass is 10.2. The van der Waals surface area contributed by atoms with Crippen molar-refractivity contribution in [3.63, 3.8) is 0 Å². The van der Waals surface area contributed by atoms with E-state index < -0.39 is 10.0 Å². The molecule has 0 saturated heterocycles. The maximum absolute atomic E-state index is 12.0. The Morgan fingerprint density at radius 3 is 2.64 bits per heavy atom. The first-order valence-electron chi connectivity index (χ1n) is 6.32. The molecule has 0 fully saturated rings. The van der Waals surface area contributed by atoms with Crippen molar-refractivity contribution in [2.45, 2.75) is 4.90 Å². The lowest BCUT2D eigenvalue weighted by molar-refractivity contribution is 0.102. The van der Waals surface area contributed by atoms with Gasteiger partial charge in [-0.3, -0.25) is 10.1 Å². The molecule has 0 aliphatic heterocycles. The highest BCUT2D eigenvalue weighted by Crippen LogP contribution is 2.14. The third-order valence-corrected chi connectivity index (χ3v) is 4.84. The number of hydrogen-bond donors (Lipinski definition) is 2. The number of carbonyl (C=O) groups is 1. The summed E-state index contributed by atoms with van der Waals surface area (Å²) in [5.74, 6) is -0.341. The summed E-state index contributed by atoms with van der Waals surface area (Å²) in [5.41, 5.74) is 0.353. The van der Waals surface area contributed by atoms with E-state index in [9.17, 15) is 13.2 Å². The van der Waals surface area contributed by atoms with E-state index in [1.807, 2.05) is 0 Å². The predicted octanol–water partition coefficient (Wildman–Crippen LogP) is 1.32. The standard InChI is InChI=1S/C13H15N3O4S2/c1-20-8-6-15-22(18,19)11-4-2-10(3-5-11)12(17)16-13-14-7-9-21-13/h2-5,7,9,15H,6,8H2,1H3,(H,14,16,17). The van der Waals surface area contributed by atoms with Crippen molar-refractivity contribution in [1.29, 1.82) is 0 Å². The summed E-state index contributed by atoms with van der Waals surface area (Å²) in [5, 5.41) is 4.86. The number of thiazole rings is 1. The molecular weight excluding hydrogens is 326 g/mol. The Hall–Kier alpha value is -1.81. The first-order valence-corrected chi connectivity index (χ1v) is 8.69. The van der Waals surface area contributed by atoms with Crippen LogP contribution in [0.1, 0.15) is 10.4 Å². The average Bonchev–Trinajstić information content (AvgIpc) is 3.00. The molecule has 0 unspecified atom stereocenters. The molecule has 7 nitrogen and oxygen atoms in total. The van der Waals surface area contributed by atoms with Gasteiger partial charge in [0, 0.05) is 30.8 Å². The molecule has 22 heavy (non-hydrogen) atoms. The molecule has 0 bridgehead atoms. The van der Waals surface area contributed by atoms with Crippen LogP contribution in [0.5, 0.6) is 0 Å². The molecule has 1 aromatic heterocycles. The number of nitrogens with one attached hydrogen (secondary N) is 2. The normalized spacial score (nSPS) is 11.3. The van der Waals surface area contributed by atoms with E-state index in [0.717, 1.165) is 0 Å². The van der Waals surface area contributed by atoms with Gasteiger partial charge in [0.15, 0.2) is 5.13 Å². The summed E-state index contributed by atoms with van der Waals surface area (Å²) in [6.45, 7) is 0.471. The van der Waals surface area contributed by atoms with Gasteiger partial charge in [0.1, 0.15) is 0 Å². The molecule has 0 radical (unpaired) electrons.